The Morgan fingerprint density at radius 1 is 1.14 bits per heavy atom. The Balaban J connectivity index is 1.97. The predicted octanol–water partition coefficient (Wildman–Crippen LogP) is 4.81. The second-order valence-electron chi connectivity index (χ2n) is 8.01. The molecule has 1 aliphatic rings. The van der Waals surface area contributed by atoms with E-state index in [0.29, 0.717) is 5.41 Å². The highest BCUT2D eigenvalue weighted by Crippen LogP contribution is 2.40. The second kappa shape index (κ2) is 4.94. The fraction of sp³-hybridized carbons (Fsp3) is 0.647. The van der Waals surface area contributed by atoms with E-state index in [9.17, 15) is 0 Å². The van der Waals surface area contributed by atoms with Crippen molar-refractivity contribution in [2.45, 2.75) is 65.8 Å². The van der Waals surface area contributed by atoms with Crippen LogP contribution in [0.5, 0.6) is 0 Å². The normalized spacial score (nSPS) is 15.5. The highest BCUT2D eigenvalue weighted by atomic mass is 32.1. The highest BCUT2D eigenvalue weighted by Gasteiger charge is 2.28. The third-order valence-corrected chi connectivity index (χ3v) is 5.13. The summed E-state index contributed by atoms with van der Waals surface area (Å²) in [6, 6.07) is 0. The fourth-order valence-corrected chi connectivity index (χ4v) is 4.94. The lowest BCUT2D eigenvalue weighted by atomic mass is 9.82. The number of anilines is 1. The third-order valence-electron chi connectivity index (χ3n) is 3.93. The number of nitrogens with one attached hydrogen (secondary N) is 1. The van der Waals surface area contributed by atoms with Gasteiger partial charge in [0.2, 0.25) is 0 Å². The number of aryl methyl sites for hydroxylation is 2. The SMILES string of the molecule is CC(C)(C)CC(C)(C)Nc1ncnc2sc3c(c12)CCC3. The lowest BCUT2D eigenvalue weighted by Gasteiger charge is -2.34. The maximum absolute atomic E-state index is 4.56. The van der Waals surface area contributed by atoms with Crippen molar-refractivity contribution in [2.75, 3.05) is 5.32 Å². The number of hydrogen-bond acceptors (Lipinski definition) is 4. The van der Waals surface area contributed by atoms with Gasteiger partial charge in [0.25, 0.3) is 0 Å². The largest absolute Gasteiger partial charge is 0.365 e. The molecule has 0 unspecified atom stereocenters. The van der Waals surface area contributed by atoms with E-state index in [0.717, 1.165) is 17.1 Å². The Morgan fingerprint density at radius 3 is 2.62 bits per heavy atom. The molecule has 0 amide bonds. The molecule has 0 radical (unpaired) electrons. The Morgan fingerprint density at radius 2 is 1.90 bits per heavy atom. The molecule has 4 heteroatoms. The third kappa shape index (κ3) is 3.05. The van der Waals surface area contributed by atoms with Crippen molar-refractivity contribution < 1.29 is 0 Å². The van der Waals surface area contributed by atoms with Gasteiger partial charge in [0.05, 0.1) is 5.39 Å². The van der Waals surface area contributed by atoms with E-state index in [1.54, 1.807) is 6.33 Å². The average Bonchev–Trinajstić information content (AvgIpc) is 2.84. The van der Waals surface area contributed by atoms with E-state index in [-0.39, 0.29) is 5.54 Å². The summed E-state index contributed by atoms with van der Waals surface area (Å²) in [4.78, 5) is 11.7. The lowest BCUT2D eigenvalue weighted by molar-refractivity contribution is 0.302. The molecular weight excluding hydrogens is 278 g/mol. The van der Waals surface area contributed by atoms with Crippen molar-refractivity contribution >= 4 is 27.4 Å². The minimum atomic E-state index is 0.0208. The Kier molecular flexibility index (Phi) is 3.47. The van der Waals surface area contributed by atoms with Crippen LogP contribution >= 0.6 is 11.3 Å². The van der Waals surface area contributed by atoms with Crippen LogP contribution in [0.15, 0.2) is 6.33 Å². The molecule has 0 fully saturated rings. The average molecular weight is 303 g/mol. The Hall–Kier alpha value is -1.16. The van der Waals surface area contributed by atoms with Crippen LogP contribution in [0.3, 0.4) is 0 Å². The van der Waals surface area contributed by atoms with Crippen LogP contribution < -0.4 is 5.32 Å². The van der Waals surface area contributed by atoms with Gasteiger partial charge in [-0.2, -0.15) is 0 Å². The molecule has 1 N–H and O–H groups in total. The van der Waals surface area contributed by atoms with Crippen LogP contribution in [0.2, 0.25) is 0 Å². The molecule has 0 spiro atoms. The maximum Gasteiger partial charge on any atom is 0.138 e. The van der Waals surface area contributed by atoms with Gasteiger partial charge in [-0.3, -0.25) is 0 Å². The molecule has 0 bridgehead atoms. The van der Waals surface area contributed by atoms with Gasteiger partial charge in [0.1, 0.15) is 17.0 Å². The van der Waals surface area contributed by atoms with Crippen molar-refractivity contribution in [3.63, 3.8) is 0 Å². The van der Waals surface area contributed by atoms with Gasteiger partial charge >= 0.3 is 0 Å². The first kappa shape index (κ1) is 14.8. The molecule has 0 atom stereocenters. The summed E-state index contributed by atoms with van der Waals surface area (Å²) in [5.74, 6) is 1.02. The van der Waals surface area contributed by atoms with E-state index in [2.05, 4.69) is 49.9 Å². The summed E-state index contributed by atoms with van der Waals surface area (Å²) in [6.07, 6.45) is 6.45. The van der Waals surface area contributed by atoms with Crippen molar-refractivity contribution in [3.8, 4) is 0 Å². The molecule has 21 heavy (non-hydrogen) atoms. The zero-order chi connectivity index (χ0) is 15.3. The topological polar surface area (TPSA) is 37.8 Å². The molecule has 114 valence electrons. The van der Waals surface area contributed by atoms with Crippen LogP contribution in [-0.2, 0) is 12.8 Å². The van der Waals surface area contributed by atoms with E-state index >= 15 is 0 Å². The minimum absolute atomic E-state index is 0.0208. The zero-order valence-corrected chi connectivity index (χ0v) is 14.5. The van der Waals surface area contributed by atoms with Gasteiger partial charge in [-0.25, -0.2) is 9.97 Å². The van der Waals surface area contributed by atoms with Crippen LogP contribution in [-0.4, -0.2) is 15.5 Å². The van der Waals surface area contributed by atoms with Gasteiger partial charge in [0.15, 0.2) is 0 Å². The summed E-state index contributed by atoms with van der Waals surface area (Å²) in [5, 5.41) is 4.96. The van der Waals surface area contributed by atoms with Crippen LogP contribution in [0, 0.1) is 5.41 Å². The van der Waals surface area contributed by atoms with E-state index in [4.69, 9.17) is 0 Å². The quantitative estimate of drug-likeness (QED) is 0.884. The molecular formula is C17H25N3S. The molecule has 0 saturated carbocycles. The zero-order valence-electron chi connectivity index (χ0n) is 13.7. The van der Waals surface area contributed by atoms with Gasteiger partial charge in [-0.05, 0) is 50.5 Å². The molecule has 1 aliphatic carbocycles. The first-order valence-corrected chi connectivity index (χ1v) is 8.60. The Labute approximate surface area is 131 Å². The summed E-state index contributed by atoms with van der Waals surface area (Å²) in [7, 11) is 0. The molecule has 3 nitrogen and oxygen atoms in total. The molecule has 3 rings (SSSR count). The molecule has 2 heterocycles. The number of fused-ring (bicyclic) bond motifs is 3. The molecule has 2 aromatic rings. The van der Waals surface area contributed by atoms with Gasteiger partial charge in [-0.15, -0.1) is 11.3 Å². The van der Waals surface area contributed by atoms with E-state index in [1.165, 1.54) is 35.1 Å². The number of thiophene rings is 1. The van der Waals surface area contributed by atoms with Crippen LogP contribution in [0.4, 0.5) is 5.82 Å². The number of hydrogen-bond donors (Lipinski definition) is 1. The lowest BCUT2D eigenvalue weighted by Crippen LogP contribution is -2.35. The molecule has 0 saturated heterocycles. The standard InChI is InChI=1S/C17H25N3S/c1-16(2,3)9-17(4,5)20-14-13-11-7-6-8-12(11)21-15(13)19-10-18-14/h10H,6-9H2,1-5H3,(H,18,19,20). The van der Waals surface area contributed by atoms with Gasteiger partial charge < -0.3 is 5.32 Å². The number of rotatable bonds is 3. The van der Waals surface area contributed by atoms with Crippen molar-refractivity contribution in [3.05, 3.63) is 16.8 Å². The van der Waals surface area contributed by atoms with Gasteiger partial charge in [-0.1, -0.05) is 20.8 Å². The summed E-state index contributed by atoms with van der Waals surface area (Å²) in [5.41, 5.74) is 1.80. The van der Waals surface area contributed by atoms with Crippen molar-refractivity contribution in [2.24, 2.45) is 5.41 Å². The summed E-state index contributed by atoms with van der Waals surface area (Å²) < 4.78 is 0. The maximum atomic E-state index is 4.56. The fourth-order valence-electron chi connectivity index (χ4n) is 3.71. The number of nitrogens with zero attached hydrogens (tertiary/aromatic N) is 2. The molecule has 0 aromatic carbocycles. The van der Waals surface area contributed by atoms with E-state index in [1.807, 2.05) is 11.3 Å². The predicted molar refractivity (Wildman–Crippen MR) is 91.2 cm³/mol. The first-order chi connectivity index (χ1) is 9.75. The van der Waals surface area contributed by atoms with Crippen LogP contribution in [0.1, 0.15) is 57.9 Å². The number of aromatic nitrogens is 2. The smallest absolute Gasteiger partial charge is 0.138 e. The molecule has 0 aliphatic heterocycles. The summed E-state index contributed by atoms with van der Waals surface area (Å²) in [6.45, 7) is 11.4. The summed E-state index contributed by atoms with van der Waals surface area (Å²) >= 11 is 1.85. The highest BCUT2D eigenvalue weighted by molar-refractivity contribution is 7.19. The second-order valence-corrected chi connectivity index (χ2v) is 9.09. The Bertz CT molecular complexity index is 664. The van der Waals surface area contributed by atoms with E-state index < -0.39 is 0 Å². The van der Waals surface area contributed by atoms with Crippen molar-refractivity contribution in [1.82, 2.24) is 9.97 Å². The molecule has 2 aromatic heterocycles. The minimum Gasteiger partial charge on any atom is -0.365 e. The van der Waals surface area contributed by atoms with Crippen molar-refractivity contribution in [1.29, 1.82) is 0 Å². The first-order valence-electron chi connectivity index (χ1n) is 7.79. The van der Waals surface area contributed by atoms with Crippen LogP contribution in [0.25, 0.3) is 10.2 Å². The monoisotopic (exact) mass is 303 g/mol. The van der Waals surface area contributed by atoms with Gasteiger partial charge in [0, 0.05) is 10.4 Å².